The fourth-order valence-corrected chi connectivity index (χ4v) is 3.26. The maximum atomic E-state index is 11.7. The molecule has 0 amide bonds. The number of azo groups is 1. The molecule has 0 aliphatic carbocycles. The lowest BCUT2D eigenvalue weighted by molar-refractivity contribution is 0.477. The van der Waals surface area contributed by atoms with Gasteiger partial charge in [-0.1, -0.05) is 30.3 Å². The summed E-state index contributed by atoms with van der Waals surface area (Å²) in [5.41, 5.74) is 1.20. The number of phenolic OH excluding ortho intramolecular Hbond substituents is 1. The monoisotopic (exact) mass is 342 g/mol. The van der Waals surface area contributed by atoms with Gasteiger partial charge in [0.15, 0.2) is 0 Å². The number of fused-ring (bicyclic) bond motifs is 1. The summed E-state index contributed by atoms with van der Waals surface area (Å²) in [6, 6.07) is 14.9. The lowest BCUT2D eigenvalue weighted by Gasteiger charge is -2.09. The van der Waals surface area contributed by atoms with Crippen LogP contribution in [0.1, 0.15) is 5.56 Å². The fraction of sp³-hybridized carbons (Fsp3) is 0.0588. The maximum Gasteiger partial charge on any atom is 0.295 e. The molecule has 0 unspecified atom stereocenters. The van der Waals surface area contributed by atoms with E-state index in [4.69, 9.17) is 0 Å². The molecule has 0 heterocycles. The van der Waals surface area contributed by atoms with E-state index in [1.165, 1.54) is 12.1 Å². The van der Waals surface area contributed by atoms with Gasteiger partial charge in [-0.2, -0.15) is 13.5 Å². The normalized spacial score (nSPS) is 12.1. The Morgan fingerprint density at radius 3 is 2.33 bits per heavy atom. The van der Waals surface area contributed by atoms with Crippen LogP contribution >= 0.6 is 0 Å². The van der Waals surface area contributed by atoms with Crippen molar-refractivity contribution in [2.75, 3.05) is 0 Å². The van der Waals surface area contributed by atoms with Gasteiger partial charge in [-0.25, -0.2) is 0 Å². The molecule has 3 aromatic carbocycles. The number of phenols is 1. The van der Waals surface area contributed by atoms with Gasteiger partial charge in [-0.15, -0.1) is 5.11 Å². The van der Waals surface area contributed by atoms with E-state index in [1.807, 2.05) is 6.07 Å². The summed E-state index contributed by atoms with van der Waals surface area (Å²) in [5, 5.41) is 18.8. The molecule has 0 bridgehead atoms. The van der Waals surface area contributed by atoms with Gasteiger partial charge >= 0.3 is 0 Å². The number of aryl methyl sites for hydroxylation is 1. The first kappa shape index (κ1) is 16.1. The zero-order valence-corrected chi connectivity index (χ0v) is 13.5. The van der Waals surface area contributed by atoms with Crippen LogP contribution in [0.4, 0.5) is 11.4 Å². The van der Waals surface area contributed by atoms with Crippen molar-refractivity contribution in [2.24, 2.45) is 10.2 Å². The van der Waals surface area contributed by atoms with Crippen LogP contribution in [0.2, 0.25) is 0 Å². The second-order valence-corrected chi connectivity index (χ2v) is 6.70. The Hall–Kier alpha value is -2.77. The quantitative estimate of drug-likeness (QED) is 0.540. The number of benzene rings is 3. The Bertz CT molecular complexity index is 1050. The maximum absolute atomic E-state index is 11.7. The highest BCUT2D eigenvalue weighted by Crippen LogP contribution is 2.40. The van der Waals surface area contributed by atoms with Crippen LogP contribution < -0.4 is 0 Å². The first-order valence-electron chi connectivity index (χ1n) is 7.07. The Balaban J connectivity index is 2.31. The smallest absolute Gasteiger partial charge is 0.295 e. The van der Waals surface area contributed by atoms with Gasteiger partial charge in [0.2, 0.25) is 0 Å². The van der Waals surface area contributed by atoms with E-state index in [9.17, 15) is 18.1 Å². The lowest BCUT2D eigenvalue weighted by Crippen LogP contribution is -2.00. The summed E-state index contributed by atoms with van der Waals surface area (Å²) < 4.78 is 33.0. The molecule has 0 fully saturated rings. The van der Waals surface area contributed by atoms with Gasteiger partial charge in [-0.3, -0.25) is 4.55 Å². The van der Waals surface area contributed by atoms with Crippen LogP contribution in [0.3, 0.4) is 0 Å². The third-order valence-corrected chi connectivity index (χ3v) is 4.35. The summed E-state index contributed by atoms with van der Waals surface area (Å²) in [4.78, 5) is -0.310. The zero-order chi connectivity index (χ0) is 17.3. The summed E-state index contributed by atoms with van der Waals surface area (Å²) in [6.07, 6.45) is 0. The second-order valence-electron chi connectivity index (χ2n) is 5.31. The molecular formula is C17H14N2O4S. The number of hydrogen-bond acceptors (Lipinski definition) is 5. The molecule has 0 aliphatic rings. The molecule has 0 spiro atoms. The van der Waals surface area contributed by atoms with Crippen LogP contribution in [-0.2, 0) is 10.1 Å². The highest BCUT2D eigenvalue weighted by atomic mass is 32.2. The molecule has 0 radical (unpaired) electrons. The van der Waals surface area contributed by atoms with Crippen LogP contribution in [0.5, 0.6) is 5.75 Å². The molecule has 3 aromatic rings. The van der Waals surface area contributed by atoms with Crippen molar-refractivity contribution in [1.29, 1.82) is 0 Å². The summed E-state index contributed by atoms with van der Waals surface area (Å²) in [5.74, 6) is -0.226. The van der Waals surface area contributed by atoms with E-state index in [1.54, 1.807) is 43.3 Å². The minimum Gasteiger partial charge on any atom is -0.506 e. The fourth-order valence-electron chi connectivity index (χ4n) is 2.45. The third kappa shape index (κ3) is 3.12. The third-order valence-electron chi connectivity index (χ3n) is 3.48. The van der Waals surface area contributed by atoms with Crippen molar-refractivity contribution in [3.63, 3.8) is 0 Å². The standard InChI is InChI=1S/C17H14N2O4S/c1-11-9-12-7-8-14(20)17(16(12)15(10-11)24(21,22)23)19-18-13-5-3-2-4-6-13/h2-10,20H,1H3,(H,21,22,23)/b19-18+. The SMILES string of the molecule is Cc1cc(S(=O)(=O)O)c2c(/N=N/c3ccccc3)c(O)ccc2c1. The van der Waals surface area contributed by atoms with E-state index in [0.29, 0.717) is 16.6 Å². The Morgan fingerprint density at radius 1 is 0.958 bits per heavy atom. The zero-order valence-electron chi connectivity index (χ0n) is 12.7. The van der Waals surface area contributed by atoms with E-state index in [2.05, 4.69) is 10.2 Å². The molecule has 0 atom stereocenters. The average molecular weight is 342 g/mol. The Labute approximate surface area is 138 Å². The topological polar surface area (TPSA) is 99.3 Å². The first-order valence-corrected chi connectivity index (χ1v) is 8.51. The molecular weight excluding hydrogens is 328 g/mol. The van der Waals surface area contributed by atoms with Gasteiger partial charge < -0.3 is 5.11 Å². The van der Waals surface area contributed by atoms with Crippen LogP contribution in [0.15, 0.2) is 69.7 Å². The summed E-state index contributed by atoms with van der Waals surface area (Å²) in [7, 11) is -4.49. The Morgan fingerprint density at radius 2 is 1.67 bits per heavy atom. The molecule has 7 heteroatoms. The summed E-state index contributed by atoms with van der Waals surface area (Å²) >= 11 is 0. The van der Waals surface area contributed by atoms with Gasteiger partial charge in [-0.05, 0) is 42.1 Å². The average Bonchev–Trinajstić information content (AvgIpc) is 2.53. The highest BCUT2D eigenvalue weighted by Gasteiger charge is 2.19. The van der Waals surface area contributed by atoms with E-state index in [-0.39, 0.29) is 21.7 Å². The van der Waals surface area contributed by atoms with Gasteiger partial charge in [0.25, 0.3) is 10.1 Å². The molecule has 6 nitrogen and oxygen atoms in total. The van der Waals surface area contributed by atoms with Crippen molar-refractivity contribution >= 4 is 32.3 Å². The van der Waals surface area contributed by atoms with Gasteiger partial charge in [0, 0.05) is 5.39 Å². The Kier molecular flexibility index (Phi) is 4.04. The van der Waals surface area contributed by atoms with Crippen LogP contribution in [-0.4, -0.2) is 18.1 Å². The van der Waals surface area contributed by atoms with Crippen LogP contribution in [0.25, 0.3) is 10.8 Å². The van der Waals surface area contributed by atoms with Crippen molar-refractivity contribution in [3.05, 3.63) is 60.2 Å². The second kappa shape index (κ2) is 6.03. The van der Waals surface area contributed by atoms with E-state index in [0.717, 1.165) is 0 Å². The number of nitrogens with zero attached hydrogens (tertiary/aromatic N) is 2. The largest absolute Gasteiger partial charge is 0.506 e. The minimum absolute atomic E-state index is 0.0102. The molecule has 24 heavy (non-hydrogen) atoms. The molecule has 2 N–H and O–H groups in total. The van der Waals surface area contributed by atoms with Crippen molar-refractivity contribution < 1.29 is 18.1 Å². The molecule has 3 rings (SSSR count). The van der Waals surface area contributed by atoms with Crippen LogP contribution in [0, 0.1) is 6.92 Å². The highest BCUT2D eigenvalue weighted by molar-refractivity contribution is 7.86. The van der Waals surface area contributed by atoms with Gasteiger partial charge in [0.1, 0.15) is 16.3 Å². The molecule has 0 saturated carbocycles. The molecule has 0 aliphatic heterocycles. The summed E-state index contributed by atoms with van der Waals surface area (Å²) in [6.45, 7) is 1.71. The molecule has 0 aromatic heterocycles. The first-order chi connectivity index (χ1) is 11.4. The predicted molar refractivity (Wildman–Crippen MR) is 90.8 cm³/mol. The van der Waals surface area contributed by atoms with E-state index >= 15 is 0 Å². The van der Waals surface area contributed by atoms with Crippen molar-refractivity contribution in [2.45, 2.75) is 11.8 Å². The minimum atomic E-state index is -4.49. The van der Waals surface area contributed by atoms with Gasteiger partial charge in [0.05, 0.1) is 5.69 Å². The molecule has 0 saturated heterocycles. The number of aromatic hydroxyl groups is 1. The lowest BCUT2D eigenvalue weighted by atomic mass is 10.1. The van der Waals surface area contributed by atoms with Crippen molar-refractivity contribution in [1.82, 2.24) is 0 Å². The van der Waals surface area contributed by atoms with Crippen molar-refractivity contribution in [3.8, 4) is 5.75 Å². The predicted octanol–water partition coefficient (Wildman–Crippen LogP) is 4.52. The number of rotatable bonds is 3. The number of hydrogen-bond donors (Lipinski definition) is 2. The molecule has 122 valence electrons. The van der Waals surface area contributed by atoms with E-state index < -0.39 is 10.1 Å².